The van der Waals surface area contributed by atoms with Crippen molar-refractivity contribution in [3.05, 3.63) is 76.7 Å². The van der Waals surface area contributed by atoms with Crippen molar-refractivity contribution in [3.63, 3.8) is 0 Å². The molecule has 1 aliphatic carbocycles. The summed E-state index contributed by atoms with van der Waals surface area (Å²) >= 11 is 0. The first kappa shape index (κ1) is 25.1. The van der Waals surface area contributed by atoms with Crippen LogP contribution in [0, 0.1) is 10.1 Å². The molecule has 2 heterocycles. The fourth-order valence-electron chi connectivity index (χ4n) is 5.64. The van der Waals surface area contributed by atoms with Gasteiger partial charge in [-0.25, -0.2) is 9.97 Å². The van der Waals surface area contributed by atoms with Crippen molar-refractivity contribution in [1.29, 1.82) is 0 Å². The van der Waals surface area contributed by atoms with Crippen molar-refractivity contribution in [2.45, 2.75) is 56.1 Å². The van der Waals surface area contributed by atoms with Crippen molar-refractivity contribution in [2.75, 3.05) is 25.1 Å². The number of rotatable bonds is 7. The predicted molar refractivity (Wildman–Crippen MR) is 144 cm³/mol. The number of hydrogen-bond donors (Lipinski definition) is 2. The Labute approximate surface area is 217 Å². The second kappa shape index (κ2) is 10.8. The Hall–Kier alpha value is -3.56. The van der Waals surface area contributed by atoms with E-state index < -0.39 is 5.54 Å². The summed E-state index contributed by atoms with van der Waals surface area (Å²) in [4.78, 5) is 22.6. The summed E-state index contributed by atoms with van der Waals surface area (Å²) in [5, 5.41) is 14.9. The highest BCUT2D eigenvalue weighted by Crippen LogP contribution is 2.35. The molecule has 1 aromatic heterocycles. The molecule has 9 heteroatoms. The monoisotopic (exact) mass is 502 g/mol. The molecule has 1 aliphatic heterocycles. The zero-order valence-electron chi connectivity index (χ0n) is 21.2. The molecule has 3 atom stereocenters. The number of nitrogens with two attached hydrogens (primary N) is 1. The second-order valence-corrected chi connectivity index (χ2v) is 10.1. The van der Waals surface area contributed by atoms with E-state index in [9.17, 15) is 10.1 Å². The van der Waals surface area contributed by atoms with Gasteiger partial charge in [-0.3, -0.25) is 10.1 Å². The zero-order chi connectivity index (χ0) is 25.8. The number of nitrogens with zero attached hydrogens (tertiary/aromatic N) is 4. The average Bonchev–Trinajstić information content (AvgIpc) is 2.94. The Bertz CT molecular complexity index is 1240. The summed E-state index contributed by atoms with van der Waals surface area (Å²) in [5.74, 6) is 1.46. The molecular weight excluding hydrogens is 468 g/mol. The lowest BCUT2D eigenvalue weighted by Gasteiger charge is -2.44. The van der Waals surface area contributed by atoms with E-state index in [2.05, 4.69) is 15.2 Å². The predicted octanol–water partition coefficient (Wildman–Crippen LogP) is 4.42. The van der Waals surface area contributed by atoms with Crippen molar-refractivity contribution >= 4 is 11.4 Å². The molecule has 1 saturated carbocycles. The van der Waals surface area contributed by atoms with Gasteiger partial charge in [0.05, 0.1) is 23.3 Å². The normalized spacial score (nSPS) is 24.0. The summed E-state index contributed by atoms with van der Waals surface area (Å²) < 4.78 is 5.39. The minimum absolute atomic E-state index is 0.0589. The lowest BCUT2D eigenvalue weighted by molar-refractivity contribution is -0.384. The van der Waals surface area contributed by atoms with Gasteiger partial charge >= 0.3 is 0 Å². The van der Waals surface area contributed by atoms with Gasteiger partial charge in [0.1, 0.15) is 11.6 Å². The molecule has 5 rings (SSSR count). The van der Waals surface area contributed by atoms with Crippen LogP contribution in [0.15, 0.2) is 60.8 Å². The lowest BCUT2D eigenvalue weighted by Crippen LogP contribution is -2.61. The van der Waals surface area contributed by atoms with Gasteiger partial charge in [-0.05, 0) is 56.0 Å². The van der Waals surface area contributed by atoms with E-state index in [0.29, 0.717) is 5.82 Å². The fourth-order valence-corrected chi connectivity index (χ4v) is 5.64. The van der Waals surface area contributed by atoms with Gasteiger partial charge < -0.3 is 20.7 Å². The van der Waals surface area contributed by atoms with Gasteiger partial charge in [-0.1, -0.05) is 25.0 Å². The van der Waals surface area contributed by atoms with Gasteiger partial charge in [0.25, 0.3) is 5.69 Å². The second-order valence-electron chi connectivity index (χ2n) is 10.1. The smallest absolute Gasteiger partial charge is 0.269 e. The van der Waals surface area contributed by atoms with Crippen LogP contribution in [0.25, 0.3) is 11.3 Å². The molecule has 1 saturated heterocycles. The summed E-state index contributed by atoms with van der Waals surface area (Å²) in [5.41, 5.74) is 9.41. The topological polar surface area (TPSA) is 119 Å². The molecule has 37 heavy (non-hydrogen) atoms. The van der Waals surface area contributed by atoms with Gasteiger partial charge in [0.2, 0.25) is 0 Å². The molecule has 0 spiro atoms. The quantitative estimate of drug-likeness (QED) is 0.360. The number of nitro groups is 1. The molecule has 2 fully saturated rings. The standard InChI is InChI=1S/C28H34N6O3/c1-37-24-8-4-6-20(18-24)25-14-16-30-27(32-25)28(29)15-3-2-9-26(28)31-21-7-5-17-33(19-21)22-10-12-23(13-11-22)34(35)36/h4,6,8,10-14,16,18,21,26,31H,2-3,5,7,9,15,17,19,29H2,1H3/t21-,26?,28?/m0/s1. The maximum absolute atomic E-state index is 11.0. The zero-order valence-corrected chi connectivity index (χ0v) is 21.2. The van der Waals surface area contributed by atoms with Gasteiger partial charge in [0.15, 0.2) is 0 Å². The van der Waals surface area contributed by atoms with E-state index in [4.69, 9.17) is 15.5 Å². The van der Waals surface area contributed by atoms with E-state index in [-0.39, 0.29) is 22.7 Å². The van der Waals surface area contributed by atoms with E-state index in [1.807, 2.05) is 42.5 Å². The number of nitro benzene ring substituents is 1. The van der Waals surface area contributed by atoms with Crippen LogP contribution in [0.2, 0.25) is 0 Å². The van der Waals surface area contributed by atoms with Crippen LogP contribution in [0.5, 0.6) is 5.75 Å². The molecule has 0 amide bonds. The third kappa shape index (κ3) is 5.42. The lowest BCUT2D eigenvalue weighted by atomic mass is 9.76. The molecule has 3 aromatic rings. The molecule has 2 aliphatic rings. The Kier molecular flexibility index (Phi) is 7.34. The fraction of sp³-hybridized carbons (Fsp3) is 0.429. The number of methoxy groups -OCH3 is 1. The Morgan fingerprint density at radius 2 is 1.97 bits per heavy atom. The van der Waals surface area contributed by atoms with Gasteiger partial charge in [-0.2, -0.15) is 0 Å². The SMILES string of the molecule is COc1cccc(-c2ccnc(C3(N)CCCCC3N[C@H]3CCCN(c4ccc([N+](=O)[O-])cc4)C3)n2)c1. The molecular formula is C28H34N6O3. The number of nitrogens with one attached hydrogen (secondary N) is 1. The molecule has 2 unspecified atom stereocenters. The maximum atomic E-state index is 11.0. The van der Waals surface area contributed by atoms with Crippen molar-refractivity contribution in [1.82, 2.24) is 15.3 Å². The molecule has 9 nitrogen and oxygen atoms in total. The minimum Gasteiger partial charge on any atom is -0.497 e. The maximum Gasteiger partial charge on any atom is 0.269 e. The number of piperidine rings is 1. The van der Waals surface area contributed by atoms with Crippen molar-refractivity contribution in [3.8, 4) is 17.0 Å². The molecule has 0 radical (unpaired) electrons. The van der Waals surface area contributed by atoms with E-state index in [1.165, 1.54) is 0 Å². The molecule has 194 valence electrons. The van der Waals surface area contributed by atoms with Crippen molar-refractivity contribution in [2.24, 2.45) is 5.73 Å². The number of non-ortho nitro benzene ring substituents is 1. The van der Waals surface area contributed by atoms with Crippen LogP contribution >= 0.6 is 0 Å². The largest absolute Gasteiger partial charge is 0.497 e. The van der Waals surface area contributed by atoms with Crippen LogP contribution in [0.4, 0.5) is 11.4 Å². The Morgan fingerprint density at radius 3 is 2.76 bits per heavy atom. The summed E-state index contributed by atoms with van der Waals surface area (Å²) in [6.45, 7) is 1.76. The third-order valence-electron chi connectivity index (χ3n) is 7.68. The van der Waals surface area contributed by atoms with E-state index in [0.717, 1.165) is 74.3 Å². The highest BCUT2D eigenvalue weighted by Gasteiger charge is 2.42. The highest BCUT2D eigenvalue weighted by molar-refractivity contribution is 5.61. The molecule has 3 N–H and O–H groups in total. The molecule has 2 aromatic carbocycles. The number of hydrogen-bond acceptors (Lipinski definition) is 8. The van der Waals surface area contributed by atoms with Crippen LogP contribution in [0.3, 0.4) is 0 Å². The number of anilines is 1. The number of aromatic nitrogens is 2. The van der Waals surface area contributed by atoms with Crippen LogP contribution in [-0.4, -0.2) is 47.2 Å². The Balaban J connectivity index is 1.34. The Morgan fingerprint density at radius 1 is 1.14 bits per heavy atom. The summed E-state index contributed by atoms with van der Waals surface area (Å²) in [7, 11) is 1.66. The highest BCUT2D eigenvalue weighted by atomic mass is 16.6. The molecule has 0 bridgehead atoms. The number of ether oxygens (including phenoxy) is 1. The first-order valence-electron chi connectivity index (χ1n) is 13.0. The first-order valence-corrected chi connectivity index (χ1v) is 13.0. The first-order chi connectivity index (χ1) is 18.0. The summed E-state index contributed by atoms with van der Waals surface area (Å²) in [6, 6.07) is 16.9. The van der Waals surface area contributed by atoms with Gasteiger partial charge in [-0.15, -0.1) is 0 Å². The van der Waals surface area contributed by atoms with Gasteiger partial charge in [0, 0.05) is 54.8 Å². The van der Waals surface area contributed by atoms with Crippen LogP contribution < -0.4 is 20.7 Å². The summed E-state index contributed by atoms with van der Waals surface area (Å²) in [6.07, 6.45) is 7.85. The number of benzene rings is 2. The van der Waals surface area contributed by atoms with E-state index >= 15 is 0 Å². The van der Waals surface area contributed by atoms with Crippen LogP contribution in [0.1, 0.15) is 44.3 Å². The van der Waals surface area contributed by atoms with Crippen molar-refractivity contribution < 1.29 is 9.66 Å². The van der Waals surface area contributed by atoms with Crippen LogP contribution in [-0.2, 0) is 5.54 Å². The third-order valence-corrected chi connectivity index (χ3v) is 7.68. The minimum atomic E-state index is -0.664. The van der Waals surface area contributed by atoms with E-state index in [1.54, 1.807) is 25.4 Å². The average molecular weight is 503 g/mol.